The van der Waals surface area contributed by atoms with Crippen LogP contribution in [0, 0.1) is 0 Å². The smallest absolute Gasteiger partial charge is 0.247 e. The Morgan fingerprint density at radius 3 is 2.62 bits per heavy atom. The number of rotatable bonds is 6. The molecule has 0 amide bonds. The molecule has 0 unspecified atom stereocenters. The molecule has 0 aromatic carbocycles. The number of nitrogens with zero attached hydrogens (tertiary/aromatic N) is 1. The van der Waals surface area contributed by atoms with Gasteiger partial charge in [0.1, 0.15) is 0 Å². The molecule has 0 saturated carbocycles. The van der Waals surface area contributed by atoms with Crippen LogP contribution in [0.2, 0.25) is 4.34 Å². The first kappa shape index (κ1) is 16.0. The molecule has 0 saturated heterocycles. The van der Waals surface area contributed by atoms with Crippen molar-refractivity contribution in [3.8, 4) is 0 Å². The lowest BCUT2D eigenvalue weighted by atomic mass is 10.4. The molecule has 0 aliphatic heterocycles. The average molecular weight is 345 g/mol. The lowest BCUT2D eigenvalue weighted by Gasteiger charge is -2.19. The topological polar surface area (TPSA) is 70.2 Å². The highest BCUT2D eigenvalue weighted by Crippen LogP contribution is 2.25. The van der Waals surface area contributed by atoms with Gasteiger partial charge in [0.2, 0.25) is 15.6 Å². The molecule has 0 aliphatic carbocycles. The first-order valence-corrected chi connectivity index (χ1v) is 8.61. The maximum absolute atomic E-state index is 12.6. The predicted molar refractivity (Wildman–Crippen MR) is 84.2 cm³/mol. The Bertz CT molecular complexity index is 775. The van der Waals surface area contributed by atoms with E-state index in [9.17, 15) is 13.2 Å². The van der Waals surface area contributed by atoms with Gasteiger partial charge in [-0.15, -0.1) is 17.9 Å². The lowest BCUT2D eigenvalue weighted by Crippen LogP contribution is -2.31. The molecule has 0 spiro atoms. The number of pyridine rings is 1. The van der Waals surface area contributed by atoms with Crippen molar-refractivity contribution in [2.45, 2.75) is 11.4 Å². The van der Waals surface area contributed by atoms with Crippen LogP contribution in [0.3, 0.4) is 0 Å². The number of aromatic nitrogens is 1. The van der Waals surface area contributed by atoms with Crippen LogP contribution >= 0.6 is 22.9 Å². The molecule has 0 radical (unpaired) electrons. The third-order valence-electron chi connectivity index (χ3n) is 2.69. The van der Waals surface area contributed by atoms with E-state index in [0.29, 0.717) is 4.34 Å². The predicted octanol–water partition coefficient (Wildman–Crippen LogP) is 2.47. The molecule has 0 aliphatic rings. The van der Waals surface area contributed by atoms with E-state index in [1.807, 2.05) is 0 Å². The zero-order chi connectivity index (χ0) is 15.5. The Hall–Kier alpha value is -1.41. The van der Waals surface area contributed by atoms with Crippen LogP contribution in [0.4, 0.5) is 0 Å². The van der Waals surface area contributed by atoms with Gasteiger partial charge >= 0.3 is 0 Å². The summed E-state index contributed by atoms with van der Waals surface area (Å²) in [5.74, 6) is 0. The second kappa shape index (κ2) is 6.57. The quantitative estimate of drug-likeness (QED) is 0.818. The molecule has 0 bridgehead atoms. The number of H-pyrrole nitrogens is 1. The van der Waals surface area contributed by atoms with E-state index in [2.05, 4.69) is 11.6 Å². The molecule has 2 heterocycles. The molecule has 5 nitrogen and oxygen atoms in total. The Morgan fingerprint density at radius 2 is 2.10 bits per heavy atom. The van der Waals surface area contributed by atoms with Gasteiger partial charge in [0.25, 0.3) is 0 Å². The number of halogens is 1. The lowest BCUT2D eigenvalue weighted by molar-refractivity contribution is 0.441. The minimum absolute atomic E-state index is 0.0339. The molecular formula is C13H13ClN2O3S2. The highest BCUT2D eigenvalue weighted by Gasteiger charge is 2.24. The normalized spacial score (nSPS) is 11.7. The van der Waals surface area contributed by atoms with Crippen LogP contribution in [-0.2, 0) is 16.6 Å². The van der Waals surface area contributed by atoms with Gasteiger partial charge < -0.3 is 4.98 Å². The van der Waals surface area contributed by atoms with E-state index in [0.717, 1.165) is 4.88 Å². The van der Waals surface area contributed by atoms with Gasteiger partial charge in [0, 0.05) is 30.2 Å². The van der Waals surface area contributed by atoms with E-state index in [-0.39, 0.29) is 23.5 Å². The van der Waals surface area contributed by atoms with Gasteiger partial charge in [-0.2, -0.15) is 4.31 Å². The fourth-order valence-corrected chi connectivity index (χ4v) is 4.25. The van der Waals surface area contributed by atoms with Crippen molar-refractivity contribution < 1.29 is 8.42 Å². The fourth-order valence-electron chi connectivity index (χ4n) is 1.71. The number of sulfonamides is 1. The van der Waals surface area contributed by atoms with E-state index in [1.165, 1.54) is 40.0 Å². The zero-order valence-corrected chi connectivity index (χ0v) is 13.3. The largest absolute Gasteiger partial charge is 0.328 e. The first-order valence-electron chi connectivity index (χ1n) is 5.97. The molecule has 1 N–H and O–H groups in total. The number of thiophene rings is 1. The summed E-state index contributed by atoms with van der Waals surface area (Å²) in [6.45, 7) is 3.94. The Balaban J connectivity index is 2.33. The van der Waals surface area contributed by atoms with Gasteiger partial charge in [-0.1, -0.05) is 17.7 Å². The monoisotopic (exact) mass is 344 g/mol. The van der Waals surface area contributed by atoms with Crippen molar-refractivity contribution >= 4 is 33.0 Å². The minimum Gasteiger partial charge on any atom is -0.328 e. The summed E-state index contributed by atoms with van der Waals surface area (Å²) in [7, 11) is -3.71. The van der Waals surface area contributed by atoms with Crippen molar-refractivity contribution in [3.05, 3.63) is 62.7 Å². The number of aromatic amines is 1. The summed E-state index contributed by atoms with van der Waals surface area (Å²) in [5, 5.41) is 0. The molecule has 2 aromatic rings. The van der Waals surface area contributed by atoms with Crippen molar-refractivity contribution in [1.29, 1.82) is 0 Å². The third-order valence-corrected chi connectivity index (χ3v) is 5.71. The Labute approximate surface area is 131 Å². The Morgan fingerprint density at radius 1 is 1.33 bits per heavy atom. The summed E-state index contributed by atoms with van der Waals surface area (Å²) in [5.41, 5.74) is -0.353. The van der Waals surface area contributed by atoms with Gasteiger partial charge in [-0.3, -0.25) is 4.79 Å². The van der Waals surface area contributed by atoms with Crippen LogP contribution in [0.25, 0.3) is 0 Å². The van der Waals surface area contributed by atoms with Crippen LogP contribution in [0.1, 0.15) is 4.88 Å². The SMILES string of the molecule is C=CCN(Cc1ccc(Cl)s1)S(=O)(=O)c1ccc(=O)[nH]c1. The van der Waals surface area contributed by atoms with Crippen molar-refractivity contribution in [1.82, 2.24) is 9.29 Å². The number of nitrogens with one attached hydrogen (secondary N) is 1. The third kappa shape index (κ3) is 3.82. The molecule has 0 atom stereocenters. The molecule has 0 fully saturated rings. The fraction of sp³-hybridized carbons (Fsp3) is 0.154. The zero-order valence-electron chi connectivity index (χ0n) is 11.0. The van der Waals surface area contributed by atoms with Gasteiger partial charge in [-0.05, 0) is 18.2 Å². The van der Waals surface area contributed by atoms with E-state index < -0.39 is 10.0 Å². The highest BCUT2D eigenvalue weighted by molar-refractivity contribution is 7.89. The number of hydrogen-bond donors (Lipinski definition) is 1. The molecule has 2 rings (SSSR count). The van der Waals surface area contributed by atoms with E-state index in [1.54, 1.807) is 12.1 Å². The molecule has 2 aromatic heterocycles. The summed E-state index contributed by atoms with van der Waals surface area (Å²) < 4.78 is 27.0. The van der Waals surface area contributed by atoms with E-state index >= 15 is 0 Å². The van der Waals surface area contributed by atoms with Crippen LogP contribution < -0.4 is 5.56 Å². The second-order valence-corrected chi connectivity index (χ2v) is 7.92. The molecule has 8 heteroatoms. The molecule has 112 valence electrons. The summed E-state index contributed by atoms with van der Waals surface area (Å²) in [6.07, 6.45) is 2.70. The highest BCUT2D eigenvalue weighted by atomic mass is 35.5. The summed E-state index contributed by atoms with van der Waals surface area (Å²) >= 11 is 7.18. The first-order chi connectivity index (χ1) is 9.93. The maximum Gasteiger partial charge on any atom is 0.247 e. The van der Waals surface area contributed by atoms with Crippen molar-refractivity contribution in [2.75, 3.05) is 6.54 Å². The summed E-state index contributed by atoms with van der Waals surface area (Å²) in [4.78, 5) is 14.3. The Kier molecular flexibility index (Phi) is 5.00. The van der Waals surface area contributed by atoms with Crippen LogP contribution in [0.5, 0.6) is 0 Å². The summed E-state index contributed by atoms with van der Waals surface area (Å²) in [6, 6.07) is 5.97. The standard InChI is InChI=1S/C13H13ClN2O3S2/c1-2-7-16(9-10-3-5-12(14)20-10)21(18,19)11-4-6-13(17)15-8-11/h2-6,8H,1,7,9H2,(H,15,17). The van der Waals surface area contributed by atoms with E-state index in [4.69, 9.17) is 11.6 Å². The maximum atomic E-state index is 12.6. The van der Waals surface area contributed by atoms with Gasteiger partial charge in [-0.25, -0.2) is 8.42 Å². The van der Waals surface area contributed by atoms with Crippen molar-refractivity contribution in [3.63, 3.8) is 0 Å². The molecule has 21 heavy (non-hydrogen) atoms. The van der Waals surface area contributed by atoms with Gasteiger partial charge in [0.15, 0.2) is 0 Å². The second-order valence-electron chi connectivity index (χ2n) is 4.18. The minimum atomic E-state index is -3.71. The number of hydrogen-bond acceptors (Lipinski definition) is 4. The van der Waals surface area contributed by atoms with Gasteiger partial charge in [0.05, 0.1) is 9.23 Å². The van der Waals surface area contributed by atoms with Crippen LogP contribution in [0.15, 0.2) is 52.8 Å². The van der Waals surface area contributed by atoms with Crippen LogP contribution in [-0.4, -0.2) is 24.3 Å². The van der Waals surface area contributed by atoms with Crippen molar-refractivity contribution in [2.24, 2.45) is 0 Å². The average Bonchev–Trinajstić information content (AvgIpc) is 2.84. The molecular weight excluding hydrogens is 332 g/mol.